The van der Waals surface area contributed by atoms with E-state index in [2.05, 4.69) is 20.8 Å². The van der Waals surface area contributed by atoms with Crippen LogP contribution >= 0.6 is 0 Å². The molecular formula is C15H21N5O. The first-order chi connectivity index (χ1) is 10.2. The van der Waals surface area contributed by atoms with Gasteiger partial charge in [0.2, 0.25) is 5.91 Å². The van der Waals surface area contributed by atoms with Crippen LogP contribution in [0.2, 0.25) is 0 Å². The Labute approximate surface area is 123 Å². The lowest BCUT2D eigenvalue weighted by Gasteiger charge is -2.15. The highest BCUT2D eigenvalue weighted by molar-refractivity contribution is 5.78. The number of pyridine rings is 1. The number of hydrogen-bond acceptors (Lipinski definition) is 4. The van der Waals surface area contributed by atoms with Crippen molar-refractivity contribution >= 4 is 11.6 Å². The molecule has 1 atom stereocenters. The van der Waals surface area contributed by atoms with Crippen LogP contribution in [0.3, 0.4) is 0 Å². The number of amides is 1. The largest absolute Gasteiger partial charge is 0.345 e. The molecule has 21 heavy (non-hydrogen) atoms. The zero-order valence-corrected chi connectivity index (χ0v) is 12.2. The van der Waals surface area contributed by atoms with Crippen LogP contribution < -0.4 is 10.6 Å². The van der Waals surface area contributed by atoms with E-state index in [1.807, 2.05) is 35.7 Å². The summed E-state index contributed by atoms with van der Waals surface area (Å²) in [6.07, 6.45) is 6.79. The molecular weight excluding hydrogens is 266 g/mol. The fourth-order valence-electron chi connectivity index (χ4n) is 2.88. The standard InChI is InChI=1S/C15H21N5O/c1-11(15-19-18-13-8-4-5-9-20(13)15)17-14(21)10-16-12-6-2-3-7-12/h4-5,8-9,11-12,16H,2-3,6-7,10H2,1H3,(H,17,21). The minimum Gasteiger partial charge on any atom is -0.345 e. The molecule has 2 aromatic rings. The van der Waals surface area contributed by atoms with Gasteiger partial charge in [0.25, 0.3) is 0 Å². The van der Waals surface area contributed by atoms with E-state index in [0.29, 0.717) is 12.6 Å². The molecule has 6 heteroatoms. The highest BCUT2D eigenvalue weighted by Gasteiger charge is 2.18. The van der Waals surface area contributed by atoms with E-state index in [-0.39, 0.29) is 11.9 Å². The fourth-order valence-corrected chi connectivity index (χ4v) is 2.88. The van der Waals surface area contributed by atoms with Crippen LogP contribution in [0.4, 0.5) is 0 Å². The van der Waals surface area contributed by atoms with Gasteiger partial charge >= 0.3 is 0 Å². The molecule has 6 nitrogen and oxygen atoms in total. The summed E-state index contributed by atoms with van der Waals surface area (Å²) in [7, 11) is 0. The molecule has 0 radical (unpaired) electrons. The van der Waals surface area contributed by atoms with Crippen LogP contribution in [-0.2, 0) is 4.79 Å². The summed E-state index contributed by atoms with van der Waals surface area (Å²) >= 11 is 0. The van der Waals surface area contributed by atoms with Crippen LogP contribution in [0, 0.1) is 0 Å². The first-order valence-electron chi connectivity index (χ1n) is 7.56. The predicted octanol–water partition coefficient (Wildman–Crippen LogP) is 1.44. The molecule has 0 spiro atoms. The van der Waals surface area contributed by atoms with Crippen molar-refractivity contribution in [1.82, 2.24) is 25.2 Å². The van der Waals surface area contributed by atoms with Crippen molar-refractivity contribution in [3.05, 3.63) is 30.2 Å². The van der Waals surface area contributed by atoms with Crippen molar-refractivity contribution in [3.63, 3.8) is 0 Å². The molecule has 0 saturated heterocycles. The van der Waals surface area contributed by atoms with Gasteiger partial charge in [-0.3, -0.25) is 9.20 Å². The van der Waals surface area contributed by atoms with Gasteiger partial charge in [-0.05, 0) is 31.9 Å². The molecule has 0 aliphatic heterocycles. The molecule has 2 aromatic heterocycles. The smallest absolute Gasteiger partial charge is 0.234 e. The average molecular weight is 287 g/mol. The van der Waals surface area contributed by atoms with E-state index in [1.54, 1.807) is 0 Å². The summed E-state index contributed by atoms with van der Waals surface area (Å²) in [6.45, 7) is 2.29. The van der Waals surface area contributed by atoms with Crippen molar-refractivity contribution < 1.29 is 4.79 Å². The minimum absolute atomic E-state index is 0.00193. The average Bonchev–Trinajstić information content (AvgIpc) is 3.14. The number of aromatic nitrogens is 3. The van der Waals surface area contributed by atoms with Crippen LogP contribution in [-0.4, -0.2) is 33.1 Å². The number of fused-ring (bicyclic) bond motifs is 1. The highest BCUT2D eigenvalue weighted by Crippen LogP contribution is 2.17. The second-order valence-electron chi connectivity index (χ2n) is 5.64. The maximum Gasteiger partial charge on any atom is 0.234 e. The normalized spacial score (nSPS) is 17.2. The Morgan fingerprint density at radius 1 is 1.38 bits per heavy atom. The third kappa shape index (κ3) is 3.21. The number of carbonyl (C=O) groups excluding carboxylic acids is 1. The van der Waals surface area contributed by atoms with Crippen molar-refractivity contribution in [1.29, 1.82) is 0 Å². The van der Waals surface area contributed by atoms with E-state index < -0.39 is 0 Å². The molecule has 3 rings (SSSR count). The molecule has 1 saturated carbocycles. The number of rotatable bonds is 5. The first kappa shape index (κ1) is 14.0. The van der Waals surface area contributed by atoms with Gasteiger partial charge in [-0.25, -0.2) is 0 Å². The lowest BCUT2D eigenvalue weighted by molar-refractivity contribution is -0.121. The summed E-state index contributed by atoms with van der Waals surface area (Å²) in [5.41, 5.74) is 0.790. The minimum atomic E-state index is -0.166. The van der Waals surface area contributed by atoms with Gasteiger partial charge < -0.3 is 10.6 Å². The molecule has 0 bridgehead atoms. The summed E-state index contributed by atoms with van der Waals surface area (Å²) in [4.78, 5) is 12.0. The van der Waals surface area contributed by atoms with Crippen LogP contribution in [0.1, 0.15) is 44.5 Å². The van der Waals surface area contributed by atoms with E-state index in [9.17, 15) is 4.79 Å². The van der Waals surface area contributed by atoms with Gasteiger partial charge in [0, 0.05) is 12.2 Å². The summed E-state index contributed by atoms with van der Waals surface area (Å²) in [5, 5.41) is 14.6. The van der Waals surface area contributed by atoms with Crippen molar-refractivity contribution in [2.45, 2.75) is 44.7 Å². The van der Waals surface area contributed by atoms with Gasteiger partial charge in [-0.2, -0.15) is 0 Å². The Hall–Kier alpha value is -1.95. The van der Waals surface area contributed by atoms with Gasteiger partial charge in [0.1, 0.15) is 0 Å². The lowest BCUT2D eigenvalue weighted by Crippen LogP contribution is -2.39. The monoisotopic (exact) mass is 287 g/mol. The van der Waals surface area contributed by atoms with Crippen LogP contribution in [0.5, 0.6) is 0 Å². The summed E-state index contributed by atoms with van der Waals surface area (Å²) in [6, 6.07) is 6.07. The van der Waals surface area contributed by atoms with E-state index >= 15 is 0 Å². The van der Waals surface area contributed by atoms with E-state index in [4.69, 9.17) is 0 Å². The Morgan fingerprint density at radius 2 is 2.19 bits per heavy atom. The maximum atomic E-state index is 12.0. The number of nitrogens with one attached hydrogen (secondary N) is 2. The number of carbonyl (C=O) groups is 1. The molecule has 2 heterocycles. The van der Waals surface area contributed by atoms with E-state index in [1.165, 1.54) is 25.7 Å². The zero-order chi connectivity index (χ0) is 14.7. The quantitative estimate of drug-likeness (QED) is 0.873. The second kappa shape index (κ2) is 6.22. The van der Waals surface area contributed by atoms with Crippen molar-refractivity contribution in [3.8, 4) is 0 Å². The van der Waals surface area contributed by atoms with Gasteiger partial charge in [0.05, 0.1) is 12.6 Å². The Bertz CT molecular complexity index is 617. The molecule has 1 unspecified atom stereocenters. The molecule has 2 N–H and O–H groups in total. The Balaban J connectivity index is 1.57. The first-order valence-corrected chi connectivity index (χ1v) is 7.56. The molecule has 1 amide bonds. The third-order valence-electron chi connectivity index (χ3n) is 4.01. The summed E-state index contributed by atoms with van der Waals surface area (Å²) in [5.74, 6) is 0.752. The van der Waals surface area contributed by atoms with Gasteiger partial charge in [0.15, 0.2) is 11.5 Å². The number of hydrogen-bond donors (Lipinski definition) is 2. The maximum absolute atomic E-state index is 12.0. The summed E-state index contributed by atoms with van der Waals surface area (Å²) < 4.78 is 1.90. The van der Waals surface area contributed by atoms with Crippen molar-refractivity contribution in [2.75, 3.05) is 6.54 Å². The number of nitrogens with zero attached hydrogens (tertiary/aromatic N) is 3. The van der Waals surface area contributed by atoms with Crippen LogP contribution in [0.25, 0.3) is 5.65 Å². The zero-order valence-electron chi connectivity index (χ0n) is 12.2. The third-order valence-corrected chi connectivity index (χ3v) is 4.01. The molecule has 1 aliphatic rings. The highest BCUT2D eigenvalue weighted by atomic mass is 16.2. The molecule has 0 aromatic carbocycles. The predicted molar refractivity (Wildman–Crippen MR) is 79.8 cm³/mol. The van der Waals surface area contributed by atoms with Crippen molar-refractivity contribution in [2.24, 2.45) is 0 Å². The van der Waals surface area contributed by atoms with Crippen LogP contribution in [0.15, 0.2) is 24.4 Å². The Morgan fingerprint density at radius 3 is 3.00 bits per heavy atom. The Kier molecular flexibility index (Phi) is 4.15. The SMILES string of the molecule is CC(NC(=O)CNC1CCCC1)c1nnc2ccccn12. The second-order valence-corrected chi connectivity index (χ2v) is 5.64. The fraction of sp³-hybridized carbons (Fsp3) is 0.533. The lowest BCUT2D eigenvalue weighted by atomic mass is 10.2. The van der Waals surface area contributed by atoms with Gasteiger partial charge in [-0.15, -0.1) is 10.2 Å². The molecule has 112 valence electrons. The topological polar surface area (TPSA) is 71.3 Å². The van der Waals surface area contributed by atoms with Gasteiger partial charge in [-0.1, -0.05) is 18.9 Å². The molecule has 1 fully saturated rings. The van der Waals surface area contributed by atoms with E-state index in [0.717, 1.165) is 11.5 Å². The molecule has 1 aliphatic carbocycles.